The highest BCUT2D eigenvalue weighted by Gasteiger charge is 2.30. The molecule has 110 valence electrons. The maximum atomic E-state index is 12.4. The Morgan fingerprint density at radius 3 is 3.10 bits per heavy atom. The molecule has 2 heterocycles. The normalized spacial score (nSPS) is 16.8. The molecule has 0 saturated heterocycles. The van der Waals surface area contributed by atoms with Gasteiger partial charge in [-0.25, -0.2) is 9.78 Å². The quantitative estimate of drug-likeness (QED) is 0.877. The van der Waals surface area contributed by atoms with Crippen LogP contribution in [0.4, 0.5) is 10.5 Å². The molecule has 5 nitrogen and oxygen atoms in total. The summed E-state index contributed by atoms with van der Waals surface area (Å²) in [6.45, 7) is 3.62. The van der Waals surface area contributed by atoms with Gasteiger partial charge in [0.05, 0.1) is 6.33 Å². The van der Waals surface area contributed by atoms with Gasteiger partial charge in [0.1, 0.15) is 0 Å². The molecule has 1 aromatic carbocycles. The number of rotatable bonds is 4. The van der Waals surface area contributed by atoms with Crippen LogP contribution < -0.4 is 10.2 Å². The number of carbonyl (C=O) groups excluding carboxylic acids is 1. The largest absolute Gasteiger partial charge is 0.338 e. The second-order valence-electron chi connectivity index (χ2n) is 5.44. The molecule has 0 spiro atoms. The molecule has 0 aliphatic carbocycles. The average Bonchev–Trinajstić information content (AvgIpc) is 3.09. The minimum absolute atomic E-state index is 0.00178. The van der Waals surface area contributed by atoms with Crippen LogP contribution in [0.5, 0.6) is 0 Å². The van der Waals surface area contributed by atoms with E-state index in [2.05, 4.69) is 23.3 Å². The minimum atomic E-state index is -0.00178. The molecule has 0 bridgehead atoms. The molecule has 1 unspecified atom stereocenters. The fourth-order valence-electron chi connectivity index (χ4n) is 2.84. The van der Waals surface area contributed by atoms with Crippen LogP contribution in [0.2, 0.25) is 0 Å². The molecule has 1 N–H and O–H groups in total. The monoisotopic (exact) mass is 284 g/mol. The van der Waals surface area contributed by atoms with Crippen LogP contribution in [0, 0.1) is 0 Å². The van der Waals surface area contributed by atoms with E-state index in [1.165, 1.54) is 5.56 Å². The van der Waals surface area contributed by atoms with Gasteiger partial charge in [0.25, 0.3) is 0 Å². The number of para-hydroxylation sites is 1. The lowest BCUT2D eigenvalue weighted by Gasteiger charge is -2.23. The summed E-state index contributed by atoms with van der Waals surface area (Å²) >= 11 is 0. The standard InChI is InChI=1S/C16H20N4O/c1-13-11-14-5-2-3-6-15(14)20(13)16(21)18-7-4-9-19-10-8-17-12-19/h2-3,5-6,8,10,12-13H,4,7,9,11H2,1H3,(H,18,21). The molecular weight excluding hydrogens is 264 g/mol. The fourth-order valence-corrected chi connectivity index (χ4v) is 2.84. The first-order valence-corrected chi connectivity index (χ1v) is 7.36. The van der Waals surface area contributed by atoms with E-state index in [-0.39, 0.29) is 12.1 Å². The van der Waals surface area contributed by atoms with Gasteiger partial charge in [-0.2, -0.15) is 0 Å². The van der Waals surface area contributed by atoms with Crippen molar-refractivity contribution in [2.24, 2.45) is 0 Å². The Morgan fingerprint density at radius 1 is 1.43 bits per heavy atom. The Hall–Kier alpha value is -2.30. The first-order valence-electron chi connectivity index (χ1n) is 7.36. The van der Waals surface area contributed by atoms with E-state index in [9.17, 15) is 4.79 Å². The highest BCUT2D eigenvalue weighted by molar-refractivity contribution is 5.94. The van der Waals surface area contributed by atoms with Crippen molar-refractivity contribution < 1.29 is 4.79 Å². The number of fused-ring (bicyclic) bond motifs is 1. The van der Waals surface area contributed by atoms with Crippen molar-refractivity contribution in [3.05, 3.63) is 48.5 Å². The number of nitrogens with zero attached hydrogens (tertiary/aromatic N) is 3. The Kier molecular flexibility index (Phi) is 3.90. The number of aromatic nitrogens is 2. The van der Waals surface area contributed by atoms with Crippen molar-refractivity contribution in [3.8, 4) is 0 Å². The van der Waals surface area contributed by atoms with Crippen LogP contribution in [-0.4, -0.2) is 28.2 Å². The molecule has 1 aliphatic heterocycles. The molecule has 1 aliphatic rings. The predicted molar refractivity (Wildman–Crippen MR) is 82.3 cm³/mol. The van der Waals surface area contributed by atoms with Gasteiger partial charge in [-0.1, -0.05) is 18.2 Å². The molecule has 1 aromatic heterocycles. The van der Waals surface area contributed by atoms with Crippen LogP contribution in [0.3, 0.4) is 0 Å². The molecule has 0 fully saturated rings. The molecule has 3 rings (SSSR count). The topological polar surface area (TPSA) is 50.2 Å². The SMILES string of the molecule is CC1Cc2ccccc2N1C(=O)NCCCn1ccnc1. The summed E-state index contributed by atoms with van der Waals surface area (Å²) in [6.07, 6.45) is 7.31. The van der Waals surface area contributed by atoms with Crippen molar-refractivity contribution in [2.45, 2.75) is 32.4 Å². The van der Waals surface area contributed by atoms with Gasteiger partial charge in [-0.3, -0.25) is 4.90 Å². The molecular formula is C16H20N4O. The zero-order valence-electron chi connectivity index (χ0n) is 12.2. The van der Waals surface area contributed by atoms with Gasteiger partial charge >= 0.3 is 6.03 Å². The van der Waals surface area contributed by atoms with Gasteiger partial charge in [0, 0.05) is 37.2 Å². The van der Waals surface area contributed by atoms with Crippen molar-refractivity contribution in [1.82, 2.24) is 14.9 Å². The van der Waals surface area contributed by atoms with Crippen molar-refractivity contribution in [2.75, 3.05) is 11.4 Å². The Balaban J connectivity index is 1.53. The summed E-state index contributed by atoms with van der Waals surface area (Å²) in [7, 11) is 0. The molecule has 5 heteroatoms. The molecule has 2 amide bonds. The molecule has 1 atom stereocenters. The van der Waals surface area contributed by atoms with E-state index in [0.29, 0.717) is 6.54 Å². The van der Waals surface area contributed by atoms with Crippen molar-refractivity contribution >= 4 is 11.7 Å². The predicted octanol–water partition coefficient (Wildman–Crippen LogP) is 2.43. The van der Waals surface area contributed by atoms with E-state index in [1.807, 2.05) is 33.9 Å². The third-order valence-electron chi connectivity index (χ3n) is 3.85. The third-order valence-corrected chi connectivity index (χ3v) is 3.85. The van der Waals surface area contributed by atoms with E-state index in [0.717, 1.165) is 25.1 Å². The summed E-state index contributed by atoms with van der Waals surface area (Å²) in [5.41, 5.74) is 2.29. The number of urea groups is 1. The first-order chi connectivity index (χ1) is 10.3. The van der Waals surface area contributed by atoms with Crippen LogP contribution in [0.25, 0.3) is 0 Å². The second kappa shape index (κ2) is 5.99. The number of imidazole rings is 1. The zero-order valence-corrected chi connectivity index (χ0v) is 12.2. The maximum Gasteiger partial charge on any atom is 0.322 e. The van der Waals surface area contributed by atoms with E-state index < -0.39 is 0 Å². The highest BCUT2D eigenvalue weighted by atomic mass is 16.2. The average molecular weight is 284 g/mol. The number of nitrogens with one attached hydrogen (secondary N) is 1. The van der Waals surface area contributed by atoms with E-state index in [1.54, 1.807) is 12.5 Å². The van der Waals surface area contributed by atoms with E-state index >= 15 is 0 Å². The molecule has 0 saturated carbocycles. The lowest BCUT2D eigenvalue weighted by molar-refractivity contribution is 0.244. The first kappa shape index (κ1) is 13.7. The van der Waals surface area contributed by atoms with Crippen LogP contribution in [0.15, 0.2) is 43.0 Å². The van der Waals surface area contributed by atoms with Gasteiger partial charge in [0.2, 0.25) is 0 Å². The summed E-state index contributed by atoms with van der Waals surface area (Å²) in [4.78, 5) is 18.2. The lowest BCUT2D eigenvalue weighted by atomic mass is 10.1. The number of hydrogen-bond acceptors (Lipinski definition) is 2. The van der Waals surface area contributed by atoms with Crippen LogP contribution in [-0.2, 0) is 13.0 Å². The van der Waals surface area contributed by atoms with Gasteiger partial charge in [-0.05, 0) is 31.4 Å². The Bertz CT molecular complexity index is 608. The second-order valence-corrected chi connectivity index (χ2v) is 5.44. The fraction of sp³-hybridized carbons (Fsp3) is 0.375. The van der Waals surface area contributed by atoms with E-state index in [4.69, 9.17) is 0 Å². The van der Waals surface area contributed by atoms with Crippen molar-refractivity contribution in [1.29, 1.82) is 0 Å². The lowest BCUT2D eigenvalue weighted by Crippen LogP contribution is -2.43. The Labute approximate surface area is 124 Å². The number of amides is 2. The number of benzene rings is 1. The van der Waals surface area contributed by atoms with Crippen LogP contribution >= 0.6 is 0 Å². The molecule has 0 radical (unpaired) electrons. The number of carbonyl (C=O) groups is 1. The summed E-state index contributed by atoms with van der Waals surface area (Å²) in [5, 5.41) is 3.01. The summed E-state index contributed by atoms with van der Waals surface area (Å²) < 4.78 is 2.01. The molecule has 2 aromatic rings. The van der Waals surface area contributed by atoms with Gasteiger partial charge < -0.3 is 9.88 Å². The number of hydrogen-bond donors (Lipinski definition) is 1. The summed E-state index contributed by atoms with van der Waals surface area (Å²) in [5.74, 6) is 0. The van der Waals surface area contributed by atoms with Crippen molar-refractivity contribution in [3.63, 3.8) is 0 Å². The zero-order chi connectivity index (χ0) is 14.7. The minimum Gasteiger partial charge on any atom is -0.338 e. The van der Waals surface area contributed by atoms with Crippen LogP contribution in [0.1, 0.15) is 18.9 Å². The third kappa shape index (κ3) is 2.91. The highest BCUT2D eigenvalue weighted by Crippen LogP contribution is 2.31. The maximum absolute atomic E-state index is 12.4. The van der Waals surface area contributed by atoms with Gasteiger partial charge in [0.15, 0.2) is 0 Å². The smallest absolute Gasteiger partial charge is 0.322 e. The van der Waals surface area contributed by atoms with Gasteiger partial charge in [-0.15, -0.1) is 0 Å². The number of aryl methyl sites for hydroxylation is 1. The number of anilines is 1. The molecule has 21 heavy (non-hydrogen) atoms. The summed E-state index contributed by atoms with van der Waals surface area (Å²) in [6, 6.07) is 8.34. The Morgan fingerprint density at radius 2 is 2.29 bits per heavy atom.